The summed E-state index contributed by atoms with van der Waals surface area (Å²) in [6, 6.07) is 9.99. The summed E-state index contributed by atoms with van der Waals surface area (Å²) in [5, 5.41) is 0. The van der Waals surface area contributed by atoms with Gasteiger partial charge < -0.3 is 10.5 Å². The number of nitrogens with two attached hydrogens (primary N) is 1. The van der Waals surface area contributed by atoms with Crippen LogP contribution in [-0.4, -0.2) is 31.1 Å². The number of rotatable bonds is 5. The first-order valence-corrected chi connectivity index (χ1v) is 8.37. The van der Waals surface area contributed by atoms with Gasteiger partial charge in [0.05, 0.1) is 6.61 Å². The maximum absolute atomic E-state index is 6.15. The number of methoxy groups -OCH3 is 1. The van der Waals surface area contributed by atoms with Gasteiger partial charge in [0.25, 0.3) is 0 Å². The number of fused-ring (bicyclic) bond motifs is 1. The molecule has 21 heavy (non-hydrogen) atoms. The molecule has 3 heteroatoms. The fraction of sp³-hybridized carbons (Fsp3) is 0.667. The lowest BCUT2D eigenvalue weighted by Gasteiger charge is -2.42. The average Bonchev–Trinajstić information content (AvgIpc) is 2.99. The topological polar surface area (TPSA) is 38.5 Å². The highest BCUT2D eigenvalue weighted by atomic mass is 16.5. The molecule has 2 fully saturated rings. The minimum absolute atomic E-state index is 0.382. The molecule has 0 amide bonds. The molecule has 3 atom stereocenters. The molecule has 3 nitrogen and oxygen atoms in total. The number of ether oxygens (including phenoxy) is 1. The van der Waals surface area contributed by atoms with Crippen LogP contribution in [0, 0.1) is 5.92 Å². The highest BCUT2D eigenvalue weighted by Crippen LogP contribution is 2.40. The Hall–Kier alpha value is -0.900. The van der Waals surface area contributed by atoms with Gasteiger partial charge in [0.15, 0.2) is 0 Å². The first-order chi connectivity index (χ1) is 10.3. The minimum Gasteiger partial charge on any atom is -0.380 e. The number of nitrogens with zero attached hydrogens (tertiary/aromatic N) is 1. The smallest absolute Gasteiger partial charge is 0.0713 e. The predicted octanol–water partition coefficient (Wildman–Crippen LogP) is 3.10. The van der Waals surface area contributed by atoms with Crippen molar-refractivity contribution in [2.24, 2.45) is 11.7 Å². The third-order valence-corrected chi connectivity index (χ3v) is 5.34. The van der Waals surface area contributed by atoms with E-state index in [4.69, 9.17) is 10.5 Å². The van der Waals surface area contributed by atoms with Crippen LogP contribution < -0.4 is 5.73 Å². The average molecular weight is 288 g/mol. The fourth-order valence-corrected chi connectivity index (χ4v) is 4.35. The minimum atomic E-state index is 0.382. The van der Waals surface area contributed by atoms with E-state index in [1.165, 1.54) is 49.8 Å². The van der Waals surface area contributed by atoms with Gasteiger partial charge in [0.2, 0.25) is 0 Å². The van der Waals surface area contributed by atoms with Gasteiger partial charge in [-0.2, -0.15) is 0 Å². The summed E-state index contributed by atoms with van der Waals surface area (Å²) in [6.07, 6.45) is 6.94. The highest BCUT2D eigenvalue weighted by molar-refractivity contribution is 5.25. The monoisotopic (exact) mass is 288 g/mol. The fourth-order valence-electron chi connectivity index (χ4n) is 4.35. The van der Waals surface area contributed by atoms with Crippen molar-refractivity contribution >= 4 is 0 Å². The molecular formula is C18H28N2O. The zero-order valence-corrected chi connectivity index (χ0v) is 13.1. The van der Waals surface area contributed by atoms with Crippen molar-refractivity contribution in [3.63, 3.8) is 0 Å². The van der Waals surface area contributed by atoms with E-state index in [0.29, 0.717) is 19.2 Å². The summed E-state index contributed by atoms with van der Waals surface area (Å²) in [5.41, 5.74) is 8.75. The lowest BCUT2D eigenvalue weighted by molar-refractivity contribution is 0.0701. The van der Waals surface area contributed by atoms with E-state index >= 15 is 0 Å². The molecule has 1 aliphatic carbocycles. The van der Waals surface area contributed by atoms with Crippen molar-refractivity contribution in [2.75, 3.05) is 20.2 Å². The summed E-state index contributed by atoms with van der Waals surface area (Å²) in [5.74, 6) is 0.917. The molecule has 0 aromatic heterocycles. The van der Waals surface area contributed by atoms with Crippen LogP contribution in [0.15, 0.2) is 24.3 Å². The lowest BCUT2D eigenvalue weighted by atomic mass is 9.89. The van der Waals surface area contributed by atoms with Crippen molar-refractivity contribution in [1.29, 1.82) is 0 Å². The van der Waals surface area contributed by atoms with Crippen LogP contribution in [0.3, 0.4) is 0 Å². The molecule has 1 saturated heterocycles. The SMILES string of the molecule is COCc1ccc(C(CN)N2CCCC3CCCC32)cc1. The molecule has 1 saturated carbocycles. The molecule has 2 aliphatic rings. The molecule has 3 rings (SSSR count). The summed E-state index contributed by atoms with van der Waals surface area (Å²) in [7, 11) is 1.74. The number of piperidine rings is 1. The van der Waals surface area contributed by atoms with E-state index in [1.54, 1.807) is 7.11 Å². The van der Waals surface area contributed by atoms with E-state index < -0.39 is 0 Å². The largest absolute Gasteiger partial charge is 0.380 e. The lowest BCUT2D eigenvalue weighted by Crippen LogP contribution is -2.46. The second kappa shape index (κ2) is 6.91. The van der Waals surface area contributed by atoms with Crippen molar-refractivity contribution < 1.29 is 4.74 Å². The van der Waals surface area contributed by atoms with E-state index in [1.807, 2.05) is 0 Å². The zero-order chi connectivity index (χ0) is 14.7. The van der Waals surface area contributed by atoms with Crippen LogP contribution in [-0.2, 0) is 11.3 Å². The van der Waals surface area contributed by atoms with Gasteiger partial charge in [0.1, 0.15) is 0 Å². The Balaban J connectivity index is 1.77. The summed E-state index contributed by atoms with van der Waals surface area (Å²) in [6.45, 7) is 2.61. The second-order valence-electron chi connectivity index (χ2n) is 6.56. The van der Waals surface area contributed by atoms with Crippen LogP contribution in [0.1, 0.15) is 49.3 Å². The summed E-state index contributed by atoms with van der Waals surface area (Å²) in [4.78, 5) is 2.70. The molecule has 3 unspecified atom stereocenters. The molecule has 0 bridgehead atoms. The van der Waals surface area contributed by atoms with Crippen molar-refractivity contribution in [2.45, 2.75) is 50.8 Å². The number of benzene rings is 1. The Morgan fingerprint density at radius 3 is 2.67 bits per heavy atom. The Kier molecular flexibility index (Phi) is 4.94. The third-order valence-electron chi connectivity index (χ3n) is 5.34. The van der Waals surface area contributed by atoms with Gasteiger partial charge in [-0.05, 0) is 49.3 Å². The third kappa shape index (κ3) is 3.15. The standard InChI is InChI=1S/C18H28N2O/c1-21-13-14-7-9-16(10-8-14)18(12-19)20-11-3-5-15-4-2-6-17(15)20/h7-10,15,17-18H,2-6,11-13,19H2,1H3. The molecular weight excluding hydrogens is 260 g/mol. The summed E-state index contributed by atoms with van der Waals surface area (Å²) >= 11 is 0. The Labute approximate surface area is 128 Å². The molecule has 1 heterocycles. The molecule has 1 aliphatic heterocycles. The predicted molar refractivity (Wildman–Crippen MR) is 86.0 cm³/mol. The molecule has 1 aromatic rings. The maximum Gasteiger partial charge on any atom is 0.0713 e. The Morgan fingerprint density at radius 2 is 1.95 bits per heavy atom. The Bertz CT molecular complexity index is 445. The van der Waals surface area contributed by atoms with Gasteiger partial charge in [-0.1, -0.05) is 30.7 Å². The number of hydrogen-bond acceptors (Lipinski definition) is 3. The molecule has 0 spiro atoms. The van der Waals surface area contributed by atoms with Gasteiger partial charge in [-0.15, -0.1) is 0 Å². The Morgan fingerprint density at radius 1 is 1.19 bits per heavy atom. The summed E-state index contributed by atoms with van der Waals surface area (Å²) < 4.78 is 5.19. The van der Waals surface area contributed by atoms with Gasteiger partial charge in [0, 0.05) is 25.7 Å². The van der Waals surface area contributed by atoms with Gasteiger partial charge in [-0.3, -0.25) is 4.90 Å². The van der Waals surface area contributed by atoms with Crippen molar-refractivity contribution in [1.82, 2.24) is 4.90 Å². The van der Waals surface area contributed by atoms with E-state index in [-0.39, 0.29) is 0 Å². The normalized spacial score (nSPS) is 27.5. The highest BCUT2D eigenvalue weighted by Gasteiger charge is 2.38. The molecule has 116 valence electrons. The molecule has 0 radical (unpaired) electrons. The van der Waals surface area contributed by atoms with Gasteiger partial charge in [-0.25, -0.2) is 0 Å². The van der Waals surface area contributed by atoms with Crippen LogP contribution in [0.4, 0.5) is 0 Å². The maximum atomic E-state index is 6.15. The zero-order valence-electron chi connectivity index (χ0n) is 13.1. The second-order valence-corrected chi connectivity index (χ2v) is 6.56. The van der Waals surface area contributed by atoms with E-state index in [0.717, 1.165) is 12.0 Å². The van der Waals surface area contributed by atoms with Crippen LogP contribution >= 0.6 is 0 Å². The number of likely N-dealkylation sites (tertiary alicyclic amines) is 1. The van der Waals surface area contributed by atoms with Gasteiger partial charge >= 0.3 is 0 Å². The first kappa shape index (κ1) is 15.0. The number of hydrogen-bond donors (Lipinski definition) is 1. The van der Waals surface area contributed by atoms with E-state index in [9.17, 15) is 0 Å². The van der Waals surface area contributed by atoms with Crippen LogP contribution in [0.2, 0.25) is 0 Å². The van der Waals surface area contributed by atoms with Crippen LogP contribution in [0.25, 0.3) is 0 Å². The molecule has 2 N–H and O–H groups in total. The van der Waals surface area contributed by atoms with Crippen molar-refractivity contribution in [3.05, 3.63) is 35.4 Å². The quantitative estimate of drug-likeness (QED) is 0.905. The van der Waals surface area contributed by atoms with Crippen molar-refractivity contribution in [3.8, 4) is 0 Å². The van der Waals surface area contributed by atoms with E-state index in [2.05, 4.69) is 29.2 Å². The first-order valence-electron chi connectivity index (χ1n) is 8.37. The van der Waals surface area contributed by atoms with Crippen LogP contribution in [0.5, 0.6) is 0 Å². The molecule has 1 aromatic carbocycles.